The van der Waals surface area contributed by atoms with Crippen LogP contribution in [0.5, 0.6) is 0 Å². The third kappa shape index (κ3) is 3.21. The molecule has 26 heavy (non-hydrogen) atoms. The van der Waals surface area contributed by atoms with Crippen LogP contribution in [0.3, 0.4) is 0 Å². The minimum Gasteiger partial charge on any atom is -0.334 e. The molecule has 1 saturated carbocycles. The lowest BCUT2D eigenvalue weighted by molar-refractivity contribution is -0.137. The highest BCUT2D eigenvalue weighted by Gasteiger charge is 2.32. The number of benzene rings is 1. The van der Waals surface area contributed by atoms with Gasteiger partial charge in [-0.2, -0.15) is 13.2 Å². The number of hydrogen-bond acceptors (Lipinski definition) is 2. The van der Waals surface area contributed by atoms with Gasteiger partial charge < -0.3 is 4.57 Å². The van der Waals surface area contributed by atoms with Gasteiger partial charge in [-0.25, -0.2) is 9.97 Å². The smallest absolute Gasteiger partial charge is 0.334 e. The first-order valence-corrected chi connectivity index (χ1v) is 8.57. The van der Waals surface area contributed by atoms with Crippen LogP contribution in [-0.4, -0.2) is 14.5 Å². The van der Waals surface area contributed by atoms with Crippen LogP contribution in [0.1, 0.15) is 30.0 Å². The molecule has 0 radical (unpaired) electrons. The molecule has 2 heterocycles. The molecule has 1 fully saturated rings. The van der Waals surface area contributed by atoms with Gasteiger partial charge >= 0.3 is 6.18 Å². The molecule has 4 rings (SSSR count). The van der Waals surface area contributed by atoms with E-state index in [4.69, 9.17) is 11.6 Å². The Labute approximate surface area is 153 Å². The standard InChI is InChI=1S/C19H15ClF3N3/c1-26-7-6-24-18(26)15-10-13(19(21,22)23)4-5-14(15)12-8-16(11-2-3-11)25-17(20)9-12/h4-11H,2-3H2,1H3. The van der Waals surface area contributed by atoms with Crippen molar-refractivity contribution in [3.63, 3.8) is 0 Å². The fourth-order valence-corrected chi connectivity index (χ4v) is 3.26. The fourth-order valence-electron chi connectivity index (χ4n) is 3.04. The van der Waals surface area contributed by atoms with Crippen LogP contribution in [0.2, 0.25) is 5.15 Å². The average Bonchev–Trinajstić information content (AvgIpc) is 3.35. The zero-order valence-corrected chi connectivity index (χ0v) is 14.6. The van der Waals surface area contributed by atoms with Gasteiger partial charge in [0.1, 0.15) is 11.0 Å². The zero-order valence-electron chi connectivity index (χ0n) is 13.9. The summed E-state index contributed by atoms with van der Waals surface area (Å²) in [7, 11) is 1.75. The summed E-state index contributed by atoms with van der Waals surface area (Å²) in [6.45, 7) is 0. The summed E-state index contributed by atoms with van der Waals surface area (Å²) in [5.41, 5.74) is 1.99. The predicted molar refractivity (Wildman–Crippen MR) is 93.9 cm³/mol. The first kappa shape index (κ1) is 17.1. The van der Waals surface area contributed by atoms with Crippen LogP contribution >= 0.6 is 11.6 Å². The monoisotopic (exact) mass is 377 g/mol. The molecule has 134 valence electrons. The van der Waals surface area contributed by atoms with Crippen LogP contribution in [0.15, 0.2) is 42.7 Å². The van der Waals surface area contributed by atoms with Crippen LogP contribution in [0, 0.1) is 0 Å². The van der Waals surface area contributed by atoms with Crippen molar-refractivity contribution in [1.82, 2.24) is 14.5 Å². The molecule has 0 N–H and O–H groups in total. The number of nitrogens with zero attached hydrogens (tertiary/aromatic N) is 3. The molecule has 1 aromatic carbocycles. The van der Waals surface area contributed by atoms with E-state index < -0.39 is 11.7 Å². The molecule has 3 aromatic rings. The lowest BCUT2D eigenvalue weighted by Crippen LogP contribution is -2.06. The molecule has 0 spiro atoms. The van der Waals surface area contributed by atoms with Crippen molar-refractivity contribution in [1.29, 1.82) is 0 Å². The molecule has 7 heteroatoms. The quantitative estimate of drug-likeness (QED) is 0.548. The lowest BCUT2D eigenvalue weighted by atomic mass is 9.96. The lowest BCUT2D eigenvalue weighted by Gasteiger charge is -2.15. The number of aryl methyl sites for hydroxylation is 1. The van der Waals surface area contributed by atoms with Gasteiger partial charge in [-0.3, -0.25) is 0 Å². The van der Waals surface area contributed by atoms with E-state index in [0.29, 0.717) is 28.0 Å². The van der Waals surface area contributed by atoms with Crippen molar-refractivity contribution < 1.29 is 13.2 Å². The van der Waals surface area contributed by atoms with Crippen LogP contribution < -0.4 is 0 Å². The van der Waals surface area contributed by atoms with Gasteiger partial charge in [0.25, 0.3) is 0 Å². The number of halogens is 4. The number of alkyl halides is 3. The Hall–Kier alpha value is -2.34. The number of imidazole rings is 1. The highest BCUT2D eigenvalue weighted by molar-refractivity contribution is 6.29. The maximum atomic E-state index is 13.2. The van der Waals surface area contributed by atoms with E-state index in [2.05, 4.69) is 9.97 Å². The summed E-state index contributed by atoms with van der Waals surface area (Å²) in [5, 5.41) is 0.343. The summed E-state index contributed by atoms with van der Waals surface area (Å²) in [5.74, 6) is 0.852. The van der Waals surface area contributed by atoms with Gasteiger partial charge in [-0.15, -0.1) is 0 Å². The molecule has 3 nitrogen and oxygen atoms in total. The van der Waals surface area contributed by atoms with Crippen molar-refractivity contribution in [2.24, 2.45) is 7.05 Å². The summed E-state index contributed by atoms with van der Waals surface area (Å²) < 4.78 is 41.4. The van der Waals surface area contributed by atoms with Crippen molar-refractivity contribution in [2.45, 2.75) is 24.9 Å². The van der Waals surface area contributed by atoms with E-state index in [1.165, 1.54) is 6.07 Å². The summed E-state index contributed by atoms with van der Waals surface area (Å²) >= 11 is 6.17. The SMILES string of the molecule is Cn1ccnc1-c1cc(C(F)(F)F)ccc1-c1cc(Cl)nc(C2CC2)c1. The summed E-state index contributed by atoms with van der Waals surface area (Å²) in [6, 6.07) is 7.31. The Morgan fingerprint density at radius 3 is 2.50 bits per heavy atom. The van der Waals surface area contributed by atoms with Crippen LogP contribution in [0.4, 0.5) is 13.2 Å². The van der Waals surface area contributed by atoms with Gasteiger partial charge in [-0.05, 0) is 48.2 Å². The highest BCUT2D eigenvalue weighted by atomic mass is 35.5. The van der Waals surface area contributed by atoms with E-state index >= 15 is 0 Å². The largest absolute Gasteiger partial charge is 0.416 e. The van der Waals surface area contributed by atoms with E-state index in [1.807, 2.05) is 6.07 Å². The number of aromatic nitrogens is 3. The molecule has 0 bridgehead atoms. The third-order valence-electron chi connectivity index (χ3n) is 4.53. The average molecular weight is 378 g/mol. The first-order valence-electron chi connectivity index (χ1n) is 8.20. The minimum absolute atomic E-state index is 0.343. The summed E-state index contributed by atoms with van der Waals surface area (Å²) in [6.07, 6.45) is 0.967. The molecule has 0 unspecified atom stereocenters. The van der Waals surface area contributed by atoms with Crippen LogP contribution in [-0.2, 0) is 13.2 Å². The van der Waals surface area contributed by atoms with E-state index in [1.54, 1.807) is 30.1 Å². The molecule has 1 aliphatic rings. The van der Waals surface area contributed by atoms with Gasteiger partial charge in [-0.1, -0.05) is 17.7 Å². The minimum atomic E-state index is -4.42. The van der Waals surface area contributed by atoms with E-state index in [0.717, 1.165) is 36.2 Å². The molecule has 0 amide bonds. The second kappa shape index (κ2) is 6.13. The highest BCUT2D eigenvalue weighted by Crippen LogP contribution is 2.42. The van der Waals surface area contributed by atoms with Crippen molar-refractivity contribution in [3.05, 3.63) is 59.1 Å². The van der Waals surface area contributed by atoms with Gasteiger partial charge in [0.05, 0.1) is 5.56 Å². The third-order valence-corrected chi connectivity index (χ3v) is 4.72. The Morgan fingerprint density at radius 2 is 1.88 bits per heavy atom. The molecule has 0 aliphatic heterocycles. The molecular formula is C19H15ClF3N3. The second-order valence-corrected chi connectivity index (χ2v) is 6.88. The number of hydrogen-bond donors (Lipinski definition) is 0. The van der Waals surface area contributed by atoms with Gasteiger partial charge in [0.15, 0.2) is 0 Å². The normalized spacial score (nSPS) is 14.7. The molecule has 0 saturated heterocycles. The first-order chi connectivity index (χ1) is 12.3. The maximum Gasteiger partial charge on any atom is 0.416 e. The predicted octanol–water partition coefficient (Wildman–Crippen LogP) is 5.70. The van der Waals surface area contributed by atoms with Crippen LogP contribution in [0.25, 0.3) is 22.5 Å². The molecule has 1 aliphatic carbocycles. The van der Waals surface area contributed by atoms with E-state index in [-0.39, 0.29) is 0 Å². The van der Waals surface area contributed by atoms with E-state index in [9.17, 15) is 13.2 Å². The second-order valence-electron chi connectivity index (χ2n) is 6.50. The number of pyridine rings is 1. The Bertz CT molecular complexity index is 974. The topological polar surface area (TPSA) is 30.7 Å². The molecule has 2 aromatic heterocycles. The van der Waals surface area contributed by atoms with Gasteiger partial charge in [0, 0.05) is 36.6 Å². The number of rotatable bonds is 3. The zero-order chi connectivity index (χ0) is 18.5. The Balaban J connectivity index is 1.92. The van der Waals surface area contributed by atoms with Crippen molar-refractivity contribution in [2.75, 3.05) is 0 Å². The van der Waals surface area contributed by atoms with Crippen molar-refractivity contribution in [3.8, 4) is 22.5 Å². The summed E-state index contributed by atoms with van der Waals surface area (Å²) in [4.78, 5) is 8.59. The maximum absolute atomic E-state index is 13.2. The molecular weight excluding hydrogens is 363 g/mol. The van der Waals surface area contributed by atoms with Gasteiger partial charge in [0.2, 0.25) is 0 Å². The fraction of sp³-hybridized carbons (Fsp3) is 0.263. The molecule has 0 atom stereocenters. The van der Waals surface area contributed by atoms with Crippen molar-refractivity contribution >= 4 is 11.6 Å². The Morgan fingerprint density at radius 1 is 1.12 bits per heavy atom. The Kier molecular flexibility index (Phi) is 4.03.